The van der Waals surface area contributed by atoms with Crippen LogP contribution >= 0.6 is 0 Å². The van der Waals surface area contributed by atoms with E-state index in [0.717, 1.165) is 38.4 Å². The molecular weight excluding hydrogens is 426 g/mol. The second-order valence-electron chi connectivity index (χ2n) is 8.29. The predicted octanol–water partition coefficient (Wildman–Crippen LogP) is 4.68. The average Bonchev–Trinajstić information content (AvgIpc) is 2.88. The lowest BCUT2D eigenvalue weighted by atomic mass is 10.1. The fourth-order valence-corrected chi connectivity index (χ4v) is 4.09. The number of hydrogen-bond donors (Lipinski definition) is 1. The van der Waals surface area contributed by atoms with E-state index in [1.54, 1.807) is 12.1 Å². The molecule has 1 amide bonds. The van der Waals surface area contributed by atoms with Crippen molar-refractivity contribution in [2.75, 3.05) is 56.2 Å². The number of amides is 1. The van der Waals surface area contributed by atoms with Gasteiger partial charge in [0.05, 0.1) is 12.2 Å². The van der Waals surface area contributed by atoms with Gasteiger partial charge >= 0.3 is 0 Å². The Morgan fingerprint density at radius 2 is 1.56 bits per heavy atom. The molecule has 0 bridgehead atoms. The smallest absolute Gasteiger partial charge is 0.259 e. The maximum Gasteiger partial charge on any atom is 0.259 e. The van der Waals surface area contributed by atoms with Crippen LogP contribution in [0, 0.1) is 0 Å². The zero-order valence-corrected chi connectivity index (χ0v) is 19.8. The van der Waals surface area contributed by atoms with Gasteiger partial charge in [-0.3, -0.25) is 9.69 Å². The largest absolute Gasteiger partial charge is 0.490 e. The molecule has 3 aromatic rings. The van der Waals surface area contributed by atoms with Gasteiger partial charge < -0.3 is 19.7 Å². The third-order valence-electron chi connectivity index (χ3n) is 5.93. The van der Waals surface area contributed by atoms with Gasteiger partial charge in [0, 0.05) is 50.7 Å². The first-order chi connectivity index (χ1) is 16.7. The Bertz CT molecular complexity index is 1030. The van der Waals surface area contributed by atoms with Gasteiger partial charge in [0.1, 0.15) is 12.4 Å². The van der Waals surface area contributed by atoms with Gasteiger partial charge in [-0.2, -0.15) is 0 Å². The number of rotatable bonds is 10. The second kappa shape index (κ2) is 12.2. The number of ether oxygens (including phenoxy) is 2. The van der Waals surface area contributed by atoms with Crippen LogP contribution in [0.25, 0.3) is 0 Å². The van der Waals surface area contributed by atoms with Crippen LogP contribution in [-0.2, 0) is 11.3 Å². The highest BCUT2D eigenvalue weighted by atomic mass is 16.5. The van der Waals surface area contributed by atoms with Crippen molar-refractivity contribution in [1.29, 1.82) is 0 Å². The minimum atomic E-state index is -0.186. The summed E-state index contributed by atoms with van der Waals surface area (Å²) in [6.07, 6.45) is 0. The number of piperazine rings is 1. The molecule has 6 nitrogen and oxygen atoms in total. The van der Waals surface area contributed by atoms with Crippen LogP contribution in [0.1, 0.15) is 22.8 Å². The van der Waals surface area contributed by atoms with E-state index in [-0.39, 0.29) is 5.91 Å². The average molecular weight is 460 g/mol. The quantitative estimate of drug-likeness (QED) is 0.446. The molecule has 0 unspecified atom stereocenters. The Morgan fingerprint density at radius 1 is 0.853 bits per heavy atom. The lowest BCUT2D eigenvalue weighted by molar-refractivity contribution is 0.0998. The maximum absolute atomic E-state index is 12.9. The number of anilines is 2. The fraction of sp³-hybridized carbons (Fsp3) is 0.321. The molecule has 4 rings (SSSR count). The van der Waals surface area contributed by atoms with Crippen molar-refractivity contribution in [3.63, 3.8) is 0 Å². The molecule has 6 heteroatoms. The highest BCUT2D eigenvalue weighted by molar-refractivity contribution is 6.06. The Balaban J connectivity index is 1.29. The van der Waals surface area contributed by atoms with Crippen LogP contribution < -0.4 is 15.0 Å². The van der Waals surface area contributed by atoms with Crippen molar-refractivity contribution in [2.24, 2.45) is 0 Å². The summed E-state index contributed by atoms with van der Waals surface area (Å²) in [4.78, 5) is 17.8. The second-order valence-corrected chi connectivity index (χ2v) is 8.29. The minimum Gasteiger partial charge on any atom is -0.490 e. The first-order valence-electron chi connectivity index (χ1n) is 11.9. The summed E-state index contributed by atoms with van der Waals surface area (Å²) in [6.45, 7) is 8.54. The lowest BCUT2D eigenvalue weighted by Gasteiger charge is -2.36. The van der Waals surface area contributed by atoms with Gasteiger partial charge in [0.2, 0.25) is 0 Å². The Labute approximate surface area is 202 Å². The molecule has 0 saturated carbocycles. The van der Waals surface area contributed by atoms with Crippen LogP contribution in [0.15, 0.2) is 78.9 Å². The number of carbonyl (C=O) groups excluding carboxylic acids is 1. The van der Waals surface area contributed by atoms with Gasteiger partial charge in [-0.15, -0.1) is 0 Å². The summed E-state index contributed by atoms with van der Waals surface area (Å²) >= 11 is 0. The number of carbonyl (C=O) groups is 1. The molecule has 1 fully saturated rings. The van der Waals surface area contributed by atoms with Crippen molar-refractivity contribution in [3.05, 3.63) is 90.0 Å². The van der Waals surface area contributed by atoms with E-state index >= 15 is 0 Å². The molecule has 1 heterocycles. The summed E-state index contributed by atoms with van der Waals surface area (Å²) in [6, 6.07) is 26.0. The fourth-order valence-electron chi connectivity index (χ4n) is 4.09. The van der Waals surface area contributed by atoms with E-state index in [2.05, 4.69) is 57.6 Å². The Hall–Kier alpha value is -3.35. The number of nitrogens with zero attached hydrogens (tertiary/aromatic N) is 2. The van der Waals surface area contributed by atoms with Crippen LogP contribution in [0.2, 0.25) is 0 Å². The molecule has 0 aliphatic carbocycles. The van der Waals surface area contributed by atoms with E-state index in [1.165, 1.54) is 11.3 Å². The van der Waals surface area contributed by atoms with Crippen LogP contribution in [0.4, 0.5) is 11.4 Å². The highest BCUT2D eigenvalue weighted by Gasteiger charge is 2.18. The molecule has 1 aliphatic rings. The van der Waals surface area contributed by atoms with Gasteiger partial charge in [-0.1, -0.05) is 42.5 Å². The van der Waals surface area contributed by atoms with Gasteiger partial charge in [0.25, 0.3) is 5.91 Å². The number of nitrogens with one attached hydrogen (secondary N) is 1. The first kappa shape index (κ1) is 23.8. The molecule has 3 aromatic carbocycles. The SMILES string of the molecule is CCOCCOc1ccccc1C(=O)Nc1ccc(N2CCN(Cc3ccccc3)CC2)cc1. The maximum atomic E-state index is 12.9. The number of benzene rings is 3. The third kappa shape index (κ3) is 6.59. The zero-order chi connectivity index (χ0) is 23.6. The van der Waals surface area contributed by atoms with Crippen molar-refractivity contribution in [3.8, 4) is 5.75 Å². The Kier molecular flexibility index (Phi) is 8.54. The van der Waals surface area contributed by atoms with Crippen molar-refractivity contribution in [1.82, 2.24) is 4.90 Å². The van der Waals surface area contributed by atoms with Crippen LogP contribution in [0.3, 0.4) is 0 Å². The summed E-state index contributed by atoms with van der Waals surface area (Å²) in [5, 5.41) is 2.99. The molecule has 34 heavy (non-hydrogen) atoms. The number of para-hydroxylation sites is 1. The van der Waals surface area contributed by atoms with E-state index in [0.29, 0.717) is 31.1 Å². The van der Waals surface area contributed by atoms with Crippen molar-refractivity contribution < 1.29 is 14.3 Å². The normalized spacial score (nSPS) is 14.1. The summed E-state index contributed by atoms with van der Waals surface area (Å²) < 4.78 is 11.1. The standard InChI is InChI=1S/C28H33N3O3/c1-2-33-20-21-34-27-11-7-6-10-26(27)28(32)29-24-12-14-25(15-13-24)31-18-16-30(17-19-31)22-23-8-4-3-5-9-23/h3-15H,2,16-22H2,1H3,(H,29,32). The van der Waals surface area contributed by atoms with Gasteiger partial charge in [-0.25, -0.2) is 0 Å². The predicted molar refractivity (Wildman–Crippen MR) is 137 cm³/mol. The van der Waals surface area contributed by atoms with E-state index in [1.807, 2.05) is 31.2 Å². The molecular formula is C28H33N3O3. The molecule has 1 saturated heterocycles. The molecule has 0 radical (unpaired) electrons. The molecule has 1 aliphatic heterocycles. The molecule has 0 atom stereocenters. The van der Waals surface area contributed by atoms with Crippen molar-refractivity contribution >= 4 is 17.3 Å². The topological polar surface area (TPSA) is 54.0 Å². The van der Waals surface area contributed by atoms with Gasteiger partial charge in [-0.05, 0) is 48.9 Å². The van der Waals surface area contributed by atoms with E-state index in [4.69, 9.17) is 9.47 Å². The minimum absolute atomic E-state index is 0.186. The third-order valence-corrected chi connectivity index (χ3v) is 5.93. The van der Waals surface area contributed by atoms with E-state index in [9.17, 15) is 4.79 Å². The summed E-state index contributed by atoms with van der Waals surface area (Å²) in [5.41, 5.74) is 3.81. The van der Waals surface area contributed by atoms with E-state index < -0.39 is 0 Å². The molecule has 178 valence electrons. The number of hydrogen-bond acceptors (Lipinski definition) is 5. The molecule has 1 N–H and O–H groups in total. The monoisotopic (exact) mass is 459 g/mol. The summed E-state index contributed by atoms with van der Waals surface area (Å²) in [5.74, 6) is 0.374. The first-order valence-corrected chi connectivity index (χ1v) is 11.9. The Morgan fingerprint density at radius 3 is 2.29 bits per heavy atom. The van der Waals surface area contributed by atoms with Crippen molar-refractivity contribution in [2.45, 2.75) is 13.5 Å². The molecule has 0 spiro atoms. The summed E-state index contributed by atoms with van der Waals surface area (Å²) in [7, 11) is 0. The molecule has 0 aromatic heterocycles. The van der Waals surface area contributed by atoms with Crippen LogP contribution in [0.5, 0.6) is 5.75 Å². The van der Waals surface area contributed by atoms with Crippen LogP contribution in [-0.4, -0.2) is 56.8 Å². The zero-order valence-electron chi connectivity index (χ0n) is 19.8. The highest BCUT2D eigenvalue weighted by Crippen LogP contribution is 2.23. The van der Waals surface area contributed by atoms with Gasteiger partial charge in [0.15, 0.2) is 0 Å². The lowest BCUT2D eigenvalue weighted by Crippen LogP contribution is -2.45.